The Kier molecular flexibility index (Phi) is 10.7. The summed E-state index contributed by atoms with van der Waals surface area (Å²) < 4.78 is 10.3. The van der Waals surface area contributed by atoms with Gasteiger partial charge in [0.05, 0.1) is 7.11 Å². The number of methoxy groups -OCH3 is 1. The Labute approximate surface area is 172 Å². The fourth-order valence-corrected chi connectivity index (χ4v) is 2.32. The predicted octanol–water partition coefficient (Wildman–Crippen LogP) is 2.74. The van der Waals surface area contributed by atoms with E-state index in [1.54, 1.807) is 7.11 Å². The normalized spacial score (nSPS) is 11.0. The summed E-state index contributed by atoms with van der Waals surface area (Å²) in [6, 6.07) is 8.12. The van der Waals surface area contributed by atoms with Gasteiger partial charge < -0.3 is 19.9 Å². The van der Waals surface area contributed by atoms with Crippen LogP contribution in [0.4, 0.5) is 0 Å². The van der Waals surface area contributed by atoms with Crippen molar-refractivity contribution in [2.45, 2.75) is 33.1 Å². The fraction of sp³-hybridized carbons (Fsp3) is 0.500. The van der Waals surface area contributed by atoms with Crippen molar-refractivity contribution in [1.29, 1.82) is 0 Å². The molecule has 2 rings (SSSR count). The number of ether oxygens (including phenoxy) is 1. The van der Waals surface area contributed by atoms with Crippen molar-refractivity contribution in [3.63, 3.8) is 0 Å². The number of aryl methyl sites for hydroxylation is 2. The molecule has 0 aliphatic heterocycles. The molecule has 26 heavy (non-hydrogen) atoms. The van der Waals surface area contributed by atoms with Crippen molar-refractivity contribution in [2.75, 3.05) is 26.7 Å². The Morgan fingerprint density at radius 1 is 1.19 bits per heavy atom. The molecule has 2 N–H and O–H groups in total. The molecule has 8 heteroatoms. The number of hydrogen-bond donors (Lipinski definition) is 2. The Morgan fingerprint density at radius 3 is 2.58 bits per heavy atom. The Bertz CT molecular complexity index is 658. The van der Waals surface area contributed by atoms with Gasteiger partial charge in [0.25, 0.3) is 0 Å². The molecule has 7 nitrogen and oxygen atoms in total. The van der Waals surface area contributed by atoms with Gasteiger partial charge in [-0.2, -0.15) is 4.98 Å². The van der Waals surface area contributed by atoms with Crippen molar-refractivity contribution < 1.29 is 9.26 Å². The van der Waals surface area contributed by atoms with Crippen LogP contribution in [0.25, 0.3) is 0 Å². The third-order valence-electron chi connectivity index (χ3n) is 3.60. The maximum absolute atomic E-state index is 5.17. The van der Waals surface area contributed by atoms with Gasteiger partial charge in [0, 0.05) is 26.1 Å². The third-order valence-corrected chi connectivity index (χ3v) is 3.60. The van der Waals surface area contributed by atoms with Crippen molar-refractivity contribution in [3.8, 4) is 5.75 Å². The first-order chi connectivity index (χ1) is 12.2. The Balaban J connectivity index is 0.00000338. The second-order valence-electron chi connectivity index (χ2n) is 5.62. The molecule has 0 amide bonds. The molecular formula is C18H28IN5O2. The Hall–Kier alpha value is -1.84. The number of aliphatic imine (C=N–C) groups is 1. The van der Waals surface area contributed by atoms with E-state index in [2.05, 4.69) is 44.8 Å². The summed E-state index contributed by atoms with van der Waals surface area (Å²) in [4.78, 5) is 8.77. The van der Waals surface area contributed by atoms with E-state index in [4.69, 9.17) is 9.26 Å². The largest absolute Gasteiger partial charge is 0.497 e. The third kappa shape index (κ3) is 8.03. The number of guanidine groups is 1. The van der Waals surface area contributed by atoms with Crippen LogP contribution < -0.4 is 15.4 Å². The predicted molar refractivity (Wildman–Crippen MR) is 113 cm³/mol. The molecule has 0 bridgehead atoms. The van der Waals surface area contributed by atoms with Crippen LogP contribution in [0.3, 0.4) is 0 Å². The molecule has 2 aromatic rings. The fourth-order valence-electron chi connectivity index (χ4n) is 2.32. The van der Waals surface area contributed by atoms with E-state index in [9.17, 15) is 0 Å². The van der Waals surface area contributed by atoms with Gasteiger partial charge in [-0.25, -0.2) is 0 Å². The molecule has 0 unspecified atom stereocenters. The molecule has 144 valence electrons. The van der Waals surface area contributed by atoms with Crippen molar-refractivity contribution in [2.24, 2.45) is 4.99 Å². The standard InChI is InChI=1S/C18H27N5O2.HI/c1-4-19-18(20-12-5-6-17-22-14(2)23-25-17)21-13-11-15-7-9-16(24-3)10-8-15;/h7-10H,4-6,11-13H2,1-3H3,(H2,19,20,21);1H. The maximum atomic E-state index is 5.17. The first-order valence-electron chi connectivity index (χ1n) is 8.65. The lowest BCUT2D eigenvalue weighted by Crippen LogP contribution is -2.38. The average Bonchev–Trinajstić information content (AvgIpc) is 3.04. The van der Waals surface area contributed by atoms with Crippen molar-refractivity contribution in [3.05, 3.63) is 41.5 Å². The number of aromatic nitrogens is 2. The molecule has 0 aliphatic rings. The van der Waals surface area contributed by atoms with E-state index >= 15 is 0 Å². The zero-order valence-electron chi connectivity index (χ0n) is 15.6. The minimum absolute atomic E-state index is 0. The summed E-state index contributed by atoms with van der Waals surface area (Å²) in [5.41, 5.74) is 1.26. The summed E-state index contributed by atoms with van der Waals surface area (Å²) >= 11 is 0. The second kappa shape index (κ2) is 12.5. The zero-order chi connectivity index (χ0) is 17.9. The van der Waals surface area contributed by atoms with E-state index in [0.29, 0.717) is 18.3 Å². The average molecular weight is 473 g/mol. The van der Waals surface area contributed by atoms with Crippen LogP contribution in [0.2, 0.25) is 0 Å². The van der Waals surface area contributed by atoms with E-state index in [1.165, 1.54) is 5.56 Å². The summed E-state index contributed by atoms with van der Waals surface area (Å²) in [5, 5.41) is 10.4. The Morgan fingerprint density at radius 2 is 1.96 bits per heavy atom. The second-order valence-corrected chi connectivity index (χ2v) is 5.62. The van der Waals surface area contributed by atoms with Crippen molar-refractivity contribution in [1.82, 2.24) is 20.8 Å². The van der Waals surface area contributed by atoms with Gasteiger partial charge in [-0.3, -0.25) is 4.99 Å². The number of rotatable bonds is 9. The highest BCUT2D eigenvalue weighted by atomic mass is 127. The van der Waals surface area contributed by atoms with Gasteiger partial charge in [0.2, 0.25) is 5.89 Å². The van der Waals surface area contributed by atoms with Gasteiger partial charge in [0.15, 0.2) is 11.8 Å². The van der Waals surface area contributed by atoms with Crippen LogP contribution in [0, 0.1) is 6.92 Å². The number of nitrogens with zero attached hydrogens (tertiary/aromatic N) is 3. The first kappa shape index (κ1) is 22.2. The lowest BCUT2D eigenvalue weighted by atomic mass is 10.1. The topological polar surface area (TPSA) is 84.6 Å². The monoisotopic (exact) mass is 473 g/mol. The van der Waals surface area contributed by atoms with E-state index in [-0.39, 0.29) is 24.0 Å². The summed E-state index contributed by atoms with van der Waals surface area (Å²) in [7, 11) is 1.68. The molecule has 1 aromatic carbocycles. The highest BCUT2D eigenvalue weighted by molar-refractivity contribution is 14.0. The van der Waals surface area contributed by atoms with Crippen LogP contribution in [0.15, 0.2) is 33.8 Å². The van der Waals surface area contributed by atoms with E-state index in [1.807, 2.05) is 19.1 Å². The molecule has 0 fully saturated rings. The molecule has 0 atom stereocenters. The summed E-state index contributed by atoms with van der Waals surface area (Å²) in [6.07, 6.45) is 2.54. The molecular weight excluding hydrogens is 445 g/mol. The summed E-state index contributed by atoms with van der Waals surface area (Å²) in [5.74, 6) is 3.05. The lowest BCUT2D eigenvalue weighted by molar-refractivity contribution is 0.372. The molecule has 0 radical (unpaired) electrons. The van der Waals surface area contributed by atoms with Gasteiger partial charge >= 0.3 is 0 Å². The quantitative estimate of drug-likeness (QED) is 0.252. The first-order valence-corrected chi connectivity index (χ1v) is 8.65. The smallest absolute Gasteiger partial charge is 0.226 e. The van der Waals surface area contributed by atoms with Crippen LogP contribution in [-0.4, -0.2) is 42.8 Å². The molecule has 0 spiro atoms. The molecule has 0 saturated heterocycles. The highest BCUT2D eigenvalue weighted by Crippen LogP contribution is 2.11. The number of hydrogen-bond acceptors (Lipinski definition) is 5. The maximum Gasteiger partial charge on any atom is 0.226 e. The SMILES string of the molecule is CCNC(=NCCCc1nc(C)no1)NCCc1ccc(OC)cc1.I. The van der Waals surface area contributed by atoms with E-state index < -0.39 is 0 Å². The zero-order valence-corrected chi connectivity index (χ0v) is 17.9. The van der Waals surface area contributed by atoms with Crippen LogP contribution in [-0.2, 0) is 12.8 Å². The number of benzene rings is 1. The van der Waals surface area contributed by atoms with E-state index in [0.717, 1.165) is 44.1 Å². The molecule has 1 aromatic heterocycles. The highest BCUT2D eigenvalue weighted by Gasteiger charge is 2.02. The van der Waals surface area contributed by atoms with Gasteiger partial charge in [-0.15, -0.1) is 24.0 Å². The number of halogens is 1. The molecule has 0 aliphatic carbocycles. The van der Waals surface area contributed by atoms with Crippen LogP contribution in [0.5, 0.6) is 5.75 Å². The van der Waals surface area contributed by atoms with Crippen molar-refractivity contribution >= 4 is 29.9 Å². The van der Waals surface area contributed by atoms with Crippen LogP contribution in [0.1, 0.15) is 30.6 Å². The summed E-state index contributed by atoms with van der Waals surface area (Å²) in [6.45, 7) is 6.24. The molecule has 0 saturated carbocycles. The minimum atomic E-state index is 0. The van der Waals surface area contributed by atoms with Gasteiger partial charge in [0.1, 0.15) is 5.75 Å². The van der Waals surface area contributed by atoms with Gasteiger partial charge in [-0.1, -0.05) is 17.3 Å². The lowest BCUT2D eigenvalue weighted by Gasteiger charge is -2.11. The molecule has 1 heterocycles. The van der Waals surface area contributed by atoms with Gasteiger partial charge in [-0.05, 0) is 44.4 Å². The minimum Gasteiger partial charge on any atom is -0.497 e. The van der Waals surface area contributed by atoms with Crippen LogP contribution >= 0.6 is 24.0 Å². The number of nitrogens with one attached hydrogen (secondary N) is 2.